The van der Waals surface area contributed by atoms with E-state index in [-0.39, 0.29) is 31.3 Å². The van der Waals surface area contributed by atoms with Gasteiger partial charge < -0.3 is 48.5 Å². The van der Waals surface area contributed by atoms with E-state index in [1.165, 1.54) is 0 Å². The van der Waals surface area contributed by atoms with Gasteiger partial charge in [-0.05, 0) is 25.2 Å². The minimum Gasteiger partial charge on any atom is -0.481 e. The SMILES string of the molecule is CCC(C)C(N)C(=O)NC(CCCN=C(N)N)C(=O)NC(CCC(=O)O)C(=O)NC(CC(=O)O)C(=O)O. The number of hydrogen-bond acceptors (Lipinski definition) is 8. The van der Waals surface area contributed by atoms with Crippen molar-refractivity contribution >= 4 is 41.6 Å². The van der Waals surface area contributed by atoms with Gasteiger partial charge in [-0.15, -0.1) is 0 Å². The van der Waals surface area contributed by atoms with E-state index in [1.807, 2.05) is 12.2 Å². The number of rotatable bonds is 18. The molecule has 37 heavy (non-hydrogen) atoms. The molecule has 16 heteroatoms. The molecule has 0 aromatic heterocycles. The first-order valence-corrected chi connectivity index (χ1v) is 11.6. The van der Waals surface area contributed by atoms with E-state index in [4.69, 9.17) is 32.5 Å². The quantitative estimate of drug-likeness (QED) is 0.0495. The van der Waals surface area contributed by atoms with Crippen LogP contribution in [-0.2, 0) is 28.8 Å². The van der Waals surface area contributed by atoms with Crippen LogP contribution in [0, 0.1) is 5.92 Å². The highest BCUT2D eigenvalue weighted by molar-refractivity contribution is 5.94. The third kappa shape index (κ3) is 13.6. The normalized spacial score (nSPS) is 14.7. The fraction of sp³-hybridized carbons (Fsp3) is 0.667. The van der Waals surface area contributed by atoms with Crippen LogP contribution in [-0.4, -0.2) is 87.6 Å². The van der Waals surface area contributed by atoms with Gasteiger partial charge in [0.25, 0.3) is 0 Å². The standard InChI is InChI=1S/C21H37N7O9/c1-3-10(2)16(22)19(35)27-11(5-4-8-25-21(23)24)17(33)26-12(6-7-14(29)30)18(34)28-13(20(36)37)9-15(31)32/h10-13,16H,3-9,22H2,1-2H3,(H,26,33)(H,27,35)(H,28,34)(H,29,30)(H,31,32)(H,36,37)(H4,23,24,25). The van der Waals surface area contributed by atoms with Crippen LogP contribution < -0.4 is 33.2 Å². The first kappa shape index (κ1) is 33.0. The molecule has 5 unspecified atom stereocenters. The molecule has 0 saturated carbocycles. The molecule has 210 valence electrons. The van der Waals surface area contributed by atoms with E-state index in [0.29, 0.717) is 6.42 Å². The Hall–Kier alpha value is -3.95. The van der Waals surface area contributed by atoms with Crippen LogP contribution in [0.1, 0.15) is 52.4 Å². The molecular formula is C21H37N7O9. The lowest BCUT2D eigenvalue weighted by Gasteiger charge is -2.26. The zero-order valence-electron chi connectivity index (χ0n) is 20.8. The summed E-state index contributed by atoms with van der Waals surface area (Å²) in [4.78, 5) is 75.4. The summed E-state index contributed by atoms with van der Waals surface area (Å²) >= 11 is 0. The monoisotopic (exact) mass is 531 g/mol. The lowest BCUT2D eigenvalue weighted by Crippen LogP contribution is -2.57. The number of nitrogens with zero attached hydrogens (tertiary/aromatic N) is 1. The Morgan fingerprint density at radius 2 is 1.32 bits per heavy atom. The van der Waals surface area contributed by atoms with Gasteiger partial charge in [0.2, 0.25) is 17.7 Å². The molecule has 0 aromatic carbocycles. The average Bonchev–Trinajstić information content (AvgIpc) is 2.80. The van der Waals surface area contributed by atoms with E-state index in [2.05, 4.69) is 15.6 Å². The first-order chi connectivity index (χ1) is 17.2. The Bertz CT molecular complexity index is 861. The van der Waals surface area contributed by atoms with Crippen molar-refractivity contribution in [2.75, 3.05) is 6.54 Å². The van der Waals surface area contributed by atoms with Gasteiger partial charge >= 0.3 is 17.9 Å². The highest BCUT2D eigenvalue weighted by Gasteiger charge is 2.31. The molecule has 0 fully saturated rings. The summed E-state index contributed by atoms with van der Waals surface area (Å²) in [6.07, 6.45) is -1.11. The number of aliphatic carboxylic acids is 3. The molecule has 16 nitrogen and oxygen atoms in total. The van der Waals surface area contributed by atoms with Crippen LogP contribution in [0.4, 0.5) is 0 Å². The Morgan fingerprint density at radius 3 is 1.78 bits per heavy atom. The second kappa shape index (κ2) is 16.7. The molecule has 3 amide bonds. The predicted octanol–water partition coefficient (Wildman–Crippen LogP) is -2.71. The fourth-order valence-electron chi connectivity index (χ4n) is 3.01. The molecule has 5 atom stereocenters. The molecular weight excluding hydrogens is 494 g/mol. The Labute approximate surface area is 213 Å². The molecule has 0 spiro atoms. The molecule has 0 aliphatic heterocycles. The molecule has 0 radical (unpaired) electrons. The molecule has 12 N–H and O–H groups in total. The van der Waals surface area contributed by atoms with Gasteiger partial charge in [-0.2, -0.15) is 0 Å². The van der Waals surface area contributed by atoms with Gasteiger partial charge in [0.05, 0.1) is 12.5 Å². The molecule has 0 heterocycles. The van der Waals surface area contributed by atoms with Crippen LogP contribution >= 0.6 is 0 Å². The lowest BCUT2D eigenvalue weighted by molar-refractivity contribution is -0.147. The summed E-state index contributed by atoms with van der Waals surface area (Å²) < 4.78 is 0. The van der Waals surface area contributed by atoms with Gasteiger partial charge in [-0.1, -0.05) is 20.3 Å². The second-order valence-electron chi connectivity index (χ2n) is 8.41. The summed E-state index contributed by atoms with van der Waals surface area (Å²) in [5, 5.41) is 33.8. The van der Waals surface area contributed by atoms with E-state index in [1.54, 1.807) is 6.92 Å². The zero-order chi connectivity index (χ0) is 28.7. The van der Waals surface area contributed by atoms with Crippen molar-refractivity contribution in [3.63, 3.8) is 0 Å². The lowest BCUT2D eigenvalue weighted by atomic mass is 9.98. The summed E-state index contributed by atoms with van der Waals surface area (Å²) in [6, 6.07) is -5.51. The van der Waals surface area contributed by atoms with Crippen molar-refractivity contribution in [3.8, 4) is 0 Å². The predicted molar refractivity (Wildman–Crippen MR) is 130 cm³/mol. The topological polar surface area (TPSA) is 290 Å². The largest absolute Gasteiger partial charge is 0.481 e. The number of carboxylic acid groups (broad SMARTS) is 3. The van der Waals surface area contributed by atoms with Crippen molar-refractivity contribution in [3.05, 3.63) is 0 Å². The van der Waals surface area contributed by atoms with Gasteiger partial charge in [0, 0.05) is 13.0 Å². The van der Waals surface area contributed by atoms with Crippen LogP contribution in [0.15, 0.2) is 4.99 Å². The average molecular weight is 532 g/mol. The maximum absolute atomic E-state index is 13.0. The van der Waals surface area contributed by atoms with Gasteiger partial charge in [-0.3, -0.25) is 29.0 Å². The maximum atomic E-state index is 13.0. The number of aliphatic imine (C=N–C) groups is 1. The van der Waals surface area contributed by atoms with Gasteiger partial charge in [0.1, 0.15) is 18.1 Å². The first-order valence-electron chi connectivity index (χ1n) is 11.6. The van der Waals surface area contributed by atoms with Crippen LogP contribution in [0.5, 0.6) is 0 Å². The van der Waals surface area contributed by atoms with Crippen LogP contribution in [0.2, 0.25) is 0 Å². The van der Waals surface area contributed by atoms with Crippen molar-refractivity contribution in [1.29, 1.82) is 0 Å². The van der Waals surface area contributed by atoms with Gasteiger partial charge in [0.15, 0.2) is 5.96 Å². The zero-order valence-corrected chi connectivity index (χ0v) is 20.8. The van der Waals surface area contributed by atoms with Crippen molar-refractivity contribution in [2.24, 2.45) is 28.1 Å². The third-order valence-electron chi connectivity index (χ3n) is 5.41. The van der Waals surface area contributed by atoms with E-state index < -0.39 is 79.1 Å². The highest BCUT2D eigenvalue weighted by atomic mass is 16.4. The van der Waals surface area contributed by atoms with Crippen molar-refractivity contribution in [1.82, 2.24) is 16.0 Å². The minimum absolute atomic E-state index is 0.0195. The molecule has 0 bridgehead atoms. The van der Waals surface area contributed by atoms with E-state index in [9.17, 15) is 28.8 Å². The number of nitrogens with two attached hydrogens (primary N) is 3. The number of guanidine groups is 1. The second-order valence-corrected chi connectivity index (χ2v) is 8.41. The van der Waals surface area contributed by atoms with Crippen molar-refractivity contribution in [2.45, 2.75) is 76.5 Å². The minimum atomic E-state index is -1.82. The highest BCUT2D eigenvalue weighted by Crippen LogP contribution is 2.08. The van der Waals surface area contributed by atoms with Crippen LogP contribution in [0.3, 0.4) is 0 Å². The summed E-state index contributed by atoms with van der Waals surface area (Å²) in [7, 11) is 0. The molecule has 0 rings (SSSR count). The Morgan fingerprint density at radius 1 is 0.811 bits per heavy atom. The van der Waals surface area contributed by atoms with E-state index in [0.717, 1.165) is 0 Å². The summed E-state index contributed by atoms with van der Waals surface area (Å²) in [6.45, 7) is 3.70. The summed E-state index contributed by atoms with van der Waals surface area (Å²) in [5.74, 6) is -7.42. The molecule has 0 aliphatic rings. The number of nitrogens with one attached hydrogen (secondary N) is 3. The van der Waals surface area contributed by atoms with Crippen LogP contribution in [0.25, 0.3) is 0 Å². The van der Waals surface area contributed by atoms with Gasteiger partial charge in [-0.25, -0.2) is 4.79 Å². The van der Waals surface area contributed by atoms with E-state index >= 15 is 0 Å². The molecule has 0 aromatic rings. The fourth-order valence-corrected chi connectivity index (χ4v) is 3.01. The Kier molecular flexibility index (Phi) is 14.9. The third-order valence-corrected chi connectivity index (χ3v) is 5.41. The molecule has 0 aliphatic carbocycles. The maximum Gasteiger partial charge on any atom is 0.326 e. The number of amides is 3. The number of carboxylic acids is 3. The Balaban J connectivity index is 5.74. The molecule has 0 saturated heterocycles. The summed E-state index contributed by atoms with van der Waals surface area (Å²) in [5.41, 5.74) is 16.5. The van der Waals surface area contributed by atoms with Crippen molar-refractivity contribution < 1.29 is 44.1 Å². The number of carbonyl (C=O) groups is 6. The number of hydrogen-bond donors (Lipinski definition) is 9. The number of carbonyl (C=O) groups excluding carboxylic acids is 3. The smallest absolute Gasteiger partial charge is 0.326 e.